The molecule has 2 N–H and O–H groups in total. The zero-order valence-electron chi connectivity index (χ0n) is 9.38. The SMILES string of the molecule is CC1(C)OCCC1(CN)N1CCCC1. The van der Waals surface area contributed by atoms with Crippen molar-refractivity contribution in [2.45, 2.75) is 44.2 Å². The lowest BCUT2D eigenvalue weighted by Crippen LogP contribution is -2.62. The summed E-state index contributed by atoms with van der Waals surface area (Å²) in [6.07, 6.45) is 3.73. The smallest absolute Gasteiger partial charge is 0.0822 e. The van der Waals surface area contributed by atoms with Gasteiger partial charge in [-0.3, -0.25) is 4.90 Å². The van der Waals surface area contributed by atoms with E-state index in [1.54, 1.807) is 0 Å². The van der Waals surface area contributed by atoms with E-state index >= 15 is 0 Å². The first-order chi connectivity index (χ1) is 6.62. The Morgan fingerprint density at radius 3 is 2.36 bits per heavy atom. The second-order valence-corrected chi connectivity index (χ2v) is 5.04. The molecule has 0 radical (unpaired) electrons. The van der Waals surface area contributed by atoms with Crippen molar-refractivity contribution in [1.29, 1.82) is 0 Å². The second-order valence-electron chi connectivity index (χ2n) is 5.04. The molecular weight excluding hydrogens is 176 g/mol. The lowest BCUT2D eigenvalue weighted by atomic mass is 9.80. The molecule has 0 spiro atoms. The molecule has 0 aromatic rings. The fourth-order valence-corrected chi connectivity index (χ4v) is 3.07. The maximum Gasteiger partial charge on any atom is 0.0822 e. The highest BCUT2D eigenvalue weighted by atomic mass is 16.5. The molecule has 2 rings (SSSR count). The van der Waals surface area contributed by atoms with Crippen LogP contribution in [0.1, 0.15) is 33.1 Å². The van der Waals surface area contributed by atoms with Gasteiger partial charge in [0.2, 0.25) is 0 Å². The molecule has 2 fully saturated rings. The molecule has 82 valence electrons. The Balaban J connectivity index is 2.23. The van der Waals surface area contributed by atoms with Crippen LogP contribution in [-0.2, 0) is 4.74 Å². The maximum atomic E-state index is 6.00. The first-order valence-electron chi connectivity index (χ1n) is 5.71. The van der Waals surface area contributed by atoms with Gasteiger partial charge in [0.05, 0.1) is 11.1 Å². The van der Waals surface area contributed by atoms with Crippen LogP contribution >= 0.6 is 0 Å². The largest absolute Gasteiger partial charge is 0.374 e. The molecule has 3 heteroatoms. The van der Waals surface area contributed by atoms with Crippen molar-refractivity contribution < 1.29 is 4.74 Å². The molecule has 1 atom stereocenters. The standard InChI is InChI=1S/C11H22N2O/c1-10(2)11(9-12,5-8-14-10)13-6-3-4-7-13/h3-9,12H2,1-2H3. The van der Waals surface area contributed by atoms with E-state index in [4.69, 9.17) is 10.5 Å². The van der Waals surface area contributed by atoms with E-state index in [1.165, 1.54) is 25.9 Å². The van der Waals surface area contributed by atoms with Gasteiger partial charge in [0.1, 0.15) is 0 Å². The zero-order chi connectivity index (χ0) is 10.2. The van der Waals surface area contributed by atoms with Gasteiger partial charge in [-0.05, 0) is 46.2 Å². The summed E-state index contributed by atoms with van der Waals surface area (Å²) in [7, 11) is 0. The molecule has 2 aliphatic heterocycles. The minimum Gasteiger partial charge on any atom is -0.374 e. The number of likely N-dealkylation sites (tertiary alicyclic amines) is 1. The number of nitrogens with two attached hydrogens (primary N) is 1. The molecular formula is C11H22N2O. The predicted molar refractivity (Wildman–Crippen MR) is 57.2 cm³/mol. The van der Waals surface area contributed by atoms with Crippen molar-refractivity contribution in [2.24, 2.45) is 5.73 Å². The van der Waals surface area contributed by atoms with Crippen LogP contribution < -0.4 is 5.73 Å². The van der Waals surface area contributed by atoms with Crippen LogP contribution in [0.15, 0.2) is 0 Å². The van der Waals surface area contributed by atoms with Gasteiger partial charge < -0.3 is 10.5 Å². The lowest BCUT2D eigenvalue weighted by molar-refractivity contribution is -0.0531. The first kappa shape index (κ1) is 10.4. The van der Waals surface area contributed by atoms with Gasteiger partial charge in [-0.15, -0.1) is 0 Å². The Morgan fingerprint density at radius 1 is 1.29 bits per heavy atom. The predicted octanol–water partition coefficient (Wildman–Crippen LogP) is 0.979. The molecule has 0 aromatic heterocycles. The first-order valence-corrected chi connectivity index (χ1v) is 5.71. The van der Waals surface area contributed by atoms with E-state index in [0.29, 0.717) is 0 Å². The van der Waals surface area contributed by atoms with Gasteiger partial charge in [-0.1, -0.05) is 0 Å². The fraction of sp³-hybridized carbons (Fsp3) is 1.00. The van der Waals surface area contributed by atoms with Crippen molar-refractivity contribution in [2.75, 3.05) is 26.2 Å². The summed E-state index contributed by atoms with van der Waals surface area (Å²) in [5, 5.41) is 0. The molecule has 0 bridgehead atoms. The van der Waals surface area contributed by atoms with Gasteiger partial charge in [0.15, 0.2) is 0 Å². The minimum absolute atomic E-state index is 0.0773. The molecule has 0 saturated carbocycles. The lowest BCUT2D eigenvalue weighted by Gasteiger charge is -2.46. The van der Waals surface area contributed by atoms with E-state index in [-0.39, 0.29) is 11.1 Å². The summed E-state index contributed by atoms with van der Waals surface area (Å²) in [6.45, 7) is 8.35. The molecule has 0 amide bonds. The monoisotopic (exact) mass is 198 g/mol. The van der Waals surface area contributed by atoms with Gasteiger partial charge in [-0.2, -0.15) is 0 Å². The average molecular weight is 198 g/mol. The Kier molecular flexibility index (Phi) is 2.58. The van der Waals surface area contributed by atoms with Crippen LogP contribution in [0.4, 0.5) is 0 Å². The fourth-order valence-electron chi connectivity index (χ4n) is 3.07. The summed E-state index contributed by atoms with van der Waals surface area (Å²) < 4.78 is 5.84. The molecule has 14 heavy (non-hydrogen) atoms. The molecule has 1 unspecified atom stereocenters. The van der Waals surface area contributed by atoms with Crippen LogP contribution in [0, 0.1) is 0 Å². The third-order valence-electron chi connectivity index (χ3n) is 4.15. The Bertz CT molecular complexity index is 211. The molecule has 2 heterocycles. The van der Waals surface area contributed by atoms with Crippen LogP contribution in [0.2, 0.25) is 0 Å². The molecule has 0 aliphatic carbocycles. The van der Waals surface area contributed by atoms with Gasteiger partial charge in [-0.25, -0.2) is 0 Å². The van der Waals surface area contributed by atoms with Crippen LogP contribution in [0.5, 0.6) is 0 Å². The number of ether oxygens (including phenoxy) is 1. The van der Waals surface area contributed by atoms with Crippen molar-refractivity contribution in [1.82, 2.24) is 4.90 Å². The van der Waals surface area contributed by atoms with Gasteiger partial charge in [0, 0.05) is 13.2 Å². The topological polar surface area (TPSA) is 38.5 Å². The average Bonchev–Trinajstić information content (AvgIpc) is 2.72. The van der Waals surface area contributed by atoms with Gasteiger partial charge in [0.25, 0.3) is 0 Å². The Hall–Kier alpha value is -0.120. The highest BCUT2D eigenvalue weighted by Crippen LogP contribution is 2.41. The summed E-state index contributed by atoms with van der Waals surface area (Å²) in [6, 6.07) is 0. The normalized spacial score (nSPS) is 37.9. The number of rotatable bonds is 2. The molecule has 2 saturated heterocycles. The second kappa shape index (κ2) is 3.47. The quantitative estimate of drug-likeness (QED) is 0.719. The van der Waals surface area contributed by atoms with Crippen molar-refractivity contribution in [3.05, 3.63) is 0 Å². The van der Waals surface area contributed by atoms with Crippen LogP contribution in [0.3, 0.4) is 0 Å². The third-order valence-corrected chi connectivity index (χ3v) is 4.15. The summed E-state index contributed by atoms with van der Waals surface area (Å²) >= 11 is 0. The number of hydrogen-bond donors (Lipinski definition) is 1. The highest BCUT2D eigenvalue weighted by Gasteiger charge is 2.53. The maximum absolute atomic E-state index is 6.00. The van der Waals surface area contributed by atoms with E-state index in [0.717, 1.165) is 19.6 Å². The van der Waals surface area contributed by atoms with E-state index in [9.17, 15) is 0 Å². The van der Waals surface area contributed by atoms with E-state index in [1.807, 2.05) is 0 Å². The van der Waals surface area contributed by atoms with Crippen LogP contribution in [0.25, 0.3) is 0 Å². The van der Waals surface area contributed by atoms with Crippen molar-refractivity contribution in [3.8, 4) is 0 Å². The zero-order valence-corrected chi connectivity index (χ0v) is 9.38. The van der Waals surface area contributed by atoms with E-state index in [2.05, 4.69) is 18.7 Å². The van der Waals surface area contributed by atoms with Crippen LogP contribution in [-0.4, -0.2) is 42.3 Å². The summed E-state index contributed by atoms with van der Waals surface area (Å²) in [5.74, 6) is 0. The minimum atomic E-state index is -0.0773. The van der Waals surface area contributed by atoms with Crippen molar-refractivity contribution >= 4 is 0 Å². The van der Waals surface area contributed by atoms with E-state index < -0.39 is 0 Å². The highest BCUT2D eigenvalue weighted by molar-refractivity contribution is 5.08. The molecule has 3 nitrogen and oxygen atoms in total. The Morgan fingerprint density at radius 2 is 1.93 bits per heavy atom. The molecule has 0 aromatic carbocycles. The summed E-state index contributed by atoms with van der Waals surface area (Å²) in [5.41, 5.74) is 6.03. The summed E-state index contributed by atoms with van der Waals surface area (Å²) in [4.78, 5) is 2.56. The third kappa shape index (κ3) is 1.30. The Labute approximate surface area is 86.6 Å². The van der Waals surface area contributed by atoms with Crippen molar-refractivity contribution in [3.63, 3.8) is 0 Å². The molecule has 2 aliphatic rings. The number of hydrogen-bond acceptors (Lipinski definition) is 3. The van der Waals surface area contributed by atoms with Gasteiger partial charge >= 0.3 is 0 Å². The number of nitrogens with zero attached hydrogens (tertiary/aromatic N) is 1.